The minimum atomic E-state index is -0.115. The predicted molar refractivity (Wildman–Crippen MR) is 83.1 cm³/mol. The topological polar surface area (TPSA) is 42.1 Å². The molecular weight excluding hydrogens is 266 g/mol. The summed E-state index contributed by atoms with van der Waals surface area (Å²) in [4.78, 5) is 13.9. The van der Waals surface area contributed by atoms with Gasteiger partial charge in [-0.05, 0) is 65.0 Å². The van der Waals surface area contributed by atoms with Crippen LogP contribution in [0.5, 0.6) is 0 Å². The molecule has 1 saturated heterocycles. The smallest absolute Gasteiger partial charge is 0.323 e. The highest BCUT2D eigenvalue weighted by Gasteiger charge is 2.55. The number of likely N-dealkylation sites (N-methyl/N-ethyl adjacent to an activating group) is 1. The summed E-state index contributed by atoms with van der Waals surface area (Å²) in [5.74, 6) is 1.24. The third-order valence-corrected chi connectivity index (χ3v) is 5.47. The van der Waals surface area contributed by atoms with E-state index in [1.165, 1.54) is 19.3 Å². The fraction of sp³-hybridized carbons (Fsp3) is 0.941. The highest BCUT2D eigenvalue weighted by atomic mass is 16.6. The van der Waals surface area contributed by atoms with Crippen LogP contribution in [-0.2, 0) is 14.3 Å². The number of epoxide rings is 1. The number of carbonyl (C=O) groups is 1. The molecular formula is C17H31NO3. The van der Waals surface area contributed by atoms with Gasteiger partial charge in [0.25, 0.3) is 0 Å². The van der Waals surface area contributed by atoms with Crippen LogP contribution in [0.25, 0.3) is 0 Å². The standard InChI is InChI=1S/C17H31NO3/c1-6-14(18(4)5)16(19)20-10-8-12(2)13-7-9-17(3)15(11-13)21-17/h12-15H,6-11H2,1-5H3. The van der Waals surface area contributed by atoms with Crippen LogP contribution in [-0.4, -0.2) is 49.3 Å². The fourth-order valence-corrected chi connectivity index (χ4v) is 3.61. The Morgan fingerprint density at radius 1 is 1.48 bits per heavy atom. The summed E-state index contributed by atoms with van der Waals surface area (Å²) >= 11 is 0. The van der Waals surface area contributed by atoms with Gasteiger partial charge in [0, 0.05) is 0 Å². The van der Waals surface area contributed by atoms with Crippen molar-refractivity contribution in [2.24, 2.45) is 11.8 Å². The van der Waals surface area contributed by atoms with Crippen molar-refractivity contribution < 1.29 is 14.3 Å². The van der Waals surface area contributed by atoms with Gasteiger partial charge in [0.05, 0.1) is 18.3 Å². The van der Waals surface area contributed by atoms with E-state index in [2.05, 4.69) is 13.8 Å². The summed E-state index contributed by atoms with van der Waals surface area (Å²) in [6.45, 7) is 7.08. The molecule has 122 valence electrons. The van der Waals surface area contributed by atoms with Crippen LogP contribution in [0.2, 0.25) is 0 Å². The van der Waals surface area contributed by atoms with Crippen molar-refractivity contribution in [3.63, 3.8) is 0 Å². The summed E-state index contributed by atoms with van der Waals surface area (Å²) < 4.78 is 11.2. The molecule has 0 spiro atoms. The lowest BCUT2D eigenvalue weighted by molar-refractivity contribution is -0.149. The van der Waals surface area contributed by atoms with E-state index in [4.69, 9.17) is 9.47 Å². The molecule has 4 nitrogen and oxygen atoms in total. The van der Waals surface area contributed by atoms with Gasteiger partial charge < -0.3 is 9.47 Å². The van der Waals surface area contributed by atoms with Gasteiger partial charge in [-0.15, -0.1) is 0 Å². The maximum atomic E-state index is 12.0. The van der Waals surface area contributed by atoms with Crippen molar-refractivity contribution in [2.45, 2.75) is 70.6 Å². The van der Waals surface area contributed by atoms with Gasteiger partial charge in [-0.2, -0.15) is 0 Å². The third-order valence-electron chi connectivity index (χ3n) is 5.47. The van der Waals surface area contributed by atoms with Crippen LogP contribution in [0.3, 0.4) is 0 Å². The number of esters is 1. The second-order valence-corrected chi connectivity index (χ2v) is 7.27. The molecule has 0 N–H and O–H groups in total. The molecule has 0 bridgehead atoms. The Morgan fingerprint density at radius 3 is 2.76 bits per heavy atom. The summed E-state index contributed by atoms with van der Waals surface area (Å²) in [7, 11) is 3.85. The van der Waals surface area contributed by atoms with Crippen LogP contribution in [0.1, 0.15) is 52.9 Å². The van der Waals surface area contributed by atoms with Gasteiger partial charge in [-0.3, -0.25) is 9.69 Å². The minimum absolute atomic E-state index is 0.0866. The van der Waals surface area contributed by atoms with Crippen molar-refractivity contribution in [3.05, 3.63) is 0 Å². The van der Waals surface area contributed by atoms with E-state index in [-0.39, 0.29) is 17.6 Å². The van der Waals surface area contributed by atoms with Gasteiger partial charge in [-0.1, -0.05) is 13.8 Å². The Morgan fingerprint density at radius 2 is 2.19 bits per heavy atom. The predicted octanol–water partition coefficient (Wildman–Crippen LogP) is 2.85. The zero-order valence-electron chi connectivity index (χ0n) is 14.2. The Balaban J connectivity index is 1.67. The van der Waals surface area contributed by atoms with Crippen molar-refractivity contribution >= 4 is 5.97 Å². The largest absolute Gasteiger partial charge is 0.465 e. The number of nitrogens with zero attached hydrogens (tertiary/aromatic N) is 1. The first-order valence-corrected chi connectivity index (χ1v) is 8.38. The van der Waals surface area contributed by atoms with E-state index in [1.54, 1.807) is 0 Å². The number of hydrogen-bond donors (Lipinski definition) is 0. The van der Waals surface area contributed by atoms with Crippen molar-refractivity contribution in [2.75, 3.05) is 20.7 Å². The molecule has 0 aromatic heterocycles. The van der Waals surface area contributed by atoms with Gasteiger partial charge in [0.2, 0.25) is 0 Å². The Hall–Kier alpha value is -0.610. The van der Waals surface area contributed by atoms with Gasteiger partial charge in [0.15, 0.2) is 0 Å². The van der Waals surface area contributed by atoms with Crippen LogP contribution in [0.15, 0.2) is 0 Å². The summed E-state index contributed by atoms with van der Waals surface area (Å²) in [6, 6.07) is -0.115. The van der Waals surface area contributed by atoms with E-state index in [0.29, 0.717) is 18.6 Å². The average Bonchev–Trinajstić information content (AvgIpc) is 3.09. The molecule has 1 aliphatic heterocycles. The third kappa shape index (κ3) is 3.98. The first-order valence-electron chi connectivity index (χ1n) is 8.38. The number of ether oxygens (including phenoxy) is 2. The highest BCUT2D eigenvalue weighted by molar-refractivity contribution is 5.75. The number of rotatable bonds is 7. The van der Waals surface area contributed by atoms with Crippen LogP contribution < -0.4 is 0 Å². The second-order valence-electron chi connectivity index (χ2n) is 7.27. The second kappa shape index (κ2) is 6.66. The lowest BCUT2D eigenvalue weighted by atomic mass is 9.76. The van der Waals surface area contributed by atoms with Gasteiger partial charge in [0.1, 0.15) is 6.04 Å². The molecule has 2 rings (SSSR count). The number of hydrogen-bond acceptors (Lipinski definition) is 4. The Kier molecular flexibility index (Phi) is 5.31. The number of fused-ring (bicyclic) bond motifs is 1. The Bertz CT molecular complexity index is 371. The number of carbonyl (C=O) groups excluding carboxylic acids is 1. The molecule has 5 atom stereocenters. The first-order chi connectivity index (χ1) is 9.87. The first kappa shape index (κ1) is 16.8. The summed E-state index contributed by atoms with van der Waals surface area (Å²) in [6.07, 6.45) is 5.86. The SMILES string of the molecule is CCC(C(=O)OCCC(C)C1CCC2(C)OC2C1)N(C)C. The molecule has 21 heavy (non-hydrogen) atoms. The fourth-order valence-electron chi connectivity index (χ4n) is 3.61. The molecule has 1 saturated carbocycles. The summed E-state index contributed by atoms with van der Waals surface area (Å²) in [5.41, 5.74) is 0.197. The lowest BCUT2D eigenvalue weighted by Crippen LogP contribution is -2.36. The molecule has 0 aromatic rings. The highest BCUT2D eigenvalue weighted by Crippen LogP contribution is 2.50. The van der Waals surface area contributed by atoms with Gasteiger partial charge >= 0.3 is 5.97 Å². The van der Waals surface area contributed by atoms with Crippen LogP contribution in [0, 0.1) is 11.8 Å². The van der Waals surface area contributed by atoms with Crippen molar-refractivity contribution in [1.29, 1.82) is 0 Å². The normalized spacial score (nSPS) is 34.2. The maximum absolute atomic E-state index is 12.0. The lowest BCUT2D eigenvalue weighted by Gasteiger charge is -2.28. The maximum Gasteiger partial charge on any atom is 0.323 e. The zero-order valence-corrected chi connectivity index (χ0v) is 14.2. The summed E-state index contributed by atoms with van der Waals surface area (Å²) in [5, 5.41) is 0. The van der Waals surface area contributed by atoms with Crippen LogP contribution in [0.4, 0.5) is 0 Å². The zero-order chi connectivity index (χ0) is 15.6. The van der Waals surface area contributed by atoms with E-state index in [9.17, 15) is 4.79 Å². The molecule has 2 fully saturated rings. The quantitative estimate of drug-likeness (QED) is 0.535. The van der Waals surface area contributed by atoms with Crippen molar-refractivity contribution in [1.82, 2.24) is 4.90 Å². The van der Waals surface area contributed by atoms with Crippen LogP contribution >= 0.6 is 0 Å². The van der Waals surface area contributed by atoms with E-state index < -0.39 is 0 Å². The average molecular weight is 297 g/mol. The van der Waals surface area contributed by atoms with Gasteiger partial charge in [-0.25, -0.2) is 0 Å². The monoisotopic (exact) mass is 297 g/mol. The molecule has 1 aliphatic carbocycles. The molecule has 2 aliphatic rings. The Labute approximate surface area is 129 Å². The molecule has 0 aromatic carbocycles. The van der Waals surface area contributed by atoms with E-state index in [0.717, 1.165) is 18.8 Å². The van der Waals surface area contributed by atoms with E-state index >= 15 is 0 Å². The molecule has 4 heteroatoms. The molecule has 5 unspecified atom stereocenters. The molecule has 0 amide bonds. The van der Waals surface area contributed by atoms with Crippen molar-refractivity contribution in [3.8, 4) is 0 Å². The molecule has 1 heterocycles. The molecule has 0 radical (unpaired) electrons. The minimum Gasteiger partial charge on any atom is -0.465 e. The van der Waals surface area contributed by atoms with E-state index in [1.807, 2.05) is 25.9 Å².